The van der Waals surface area contributed by atoms with Gasteiger partial charge in [0.15, 0.2) is 11.6 Å². The van der Waals surface area contributed by atoms with Gasteiger partial charge in [-0.15, -0.1) is 0 Å². The third kappa shape index (κ3) is 2.58. The third-order valence-electron chi connectivity index (χ3n) is 1.61. The molecule has 0 saturated carbocycles. The van der Waals surface area contributed by atoms with Crippen LogP contribution in [0.25, 0.3) is 6.08 Å². The van der Waals surface area contributed by atoms with Crippen LogP contribution in [0.1, 0.15) is 19.4 Å². The summed E-state index contributed by atoms with van der Waals surface area (Å²) in [6.07, 6.45) is 3.81. The van der Waals surface area contributed by atoms with Crippen molar-refractivity contribution in [2.45, 2.75) is 13.8 Å². The summed E-state index contributed by atoms with van der Waals surface area (Å²) in [4.78, 5) is 0. The van der Waals surface area contributed by atoms with E-state index in [-0.39, 0.29) is 5.82 Å². The first-order valence-electron chi connectivity index (χ1n) is 4.33. The first kappa shape index (κ1) is 9.78. The van der Waals surface area contributed by atoms with Crippen molar-refractivity contribution in [1.82, 2.24) is 0 Å². The minimum atomic E-state index is -0.310. The van der Waals surface area contributed by atoms with Crippen LogP contribution in [-0.4, -0.2) is 6.61 Å². The fraction of sp³-hybridized carbons (Fsp3) is 0.273. The lowest BCUT2D eigenvalue weighted by molar-refractivity contribution is 0.321. The standard InChI is InChI=1S/C11H13FO/c1-3-5-9-6-7-10(12)11(8-9)13-4-2/h3,5-8H,4H2,1-2H3. The zero-order chi connectivity index (χ0) is 9.68. The summed E-state index contributed by atoms with van der Waals surface area (Å²) >= 11 is 0. The molecule has 0 heterocycles. The molecule has 0 bridgehead atoms. The molecule has 0 aromatic heterocycles. The average Bonchev–Trinajstić information content (AvgIpc) is 2.12. The van der Waals surface area contributed by atoms with Gasteiger partial charge in [0.2, 0.25) is 0 Å². The second-order valence-corrected chi connectivity index (χ2v) is 2.62. The van der Waals surface area contributed by atoms with Crippen molar-refractivity contribution in [1.29, 1.82) is 0 Å². The van der Waals surface area contributed by atoms with Crippen LogP contribution < -0.4 is 4.74 Å². The highest BCUT2D eigenvalue weighted by molar-refractivity contribution is 5.51. The minimum Gasteiger partial charge on any atom is -0.491 e. The van der Waals surface area contributed by atoms with E-state index in [1.54, 1.807) is 12.1 Å². The molecule has 0 amide bonds. The van der Waals surface area contributed by atoms with Gasteiger partial charge in [-0.25, -0.2) is 4.39 Å². The summed E-state index contributed by atoms with van der Waals surface area (Å²) in [7, 11) is 0. The highest BCUT2D eigenvalue weighted by atomic mass is 19.1. The Morgan fingerprint density at radius 1 is 1.46 bits per heavy atom. The van der Waals surface area contributed by atoms with Gasteiger partial charge >= 0.3 is 0 Å². The SMILES string of the molecule is CC=Cc1ccc(F)c(OCC)c1. The van der Waals surface area contributed by atoms with Gasteiger partial charge in [-0.3, -0.25) is 0 Å². The minimum absolute atomic E-state index is 0.310. The second-order valence-electron chi connectivity index (χ2n) is 2.62. The smallest absolute Gasteiger partial charge is 0.165 e. The van der Waals surface area contributed by atoms with Crippen molar-refractivity contribution in [2.24, 2.45) is 0 Å². The molecule has 0 N–H and O–H groups in total. The zero-order valence-corrected chi connectivity index (χ0v) is 7.88. The van der Waals surface area contributed by atoms with Gasteiger partial charge in [-0.1, -0.05) is 18.2 Å². The van der Waals surface area contributed by atoms with E-state index in [0.29, 0.717) is 12.4 Å². The van der Waals surface area contributed by atoms with Crippen molar-refractivity contribution in [3.63, 3.8) is 0 Å². The van der Waals surface area contributed by atoms with Crippen molar-refractivity contribution in [3.8, 4) is 5.75 Å². The molecule has 0 aliphatic carbocycles. The summed E-state index contributed by atoms with van der Waals surface area (Å²) in [5, 5.41) is 0. The fourth-order valence-corrected chi connectivity index (χ4v) is 1.08. The quantitative estimate of drug-likeness (QED) is 0.693. The monoisotopic (exact) mass is 180 g/mol. The molecule has 2 heteroatoms. The second kappa shape index (κ2) is 4.65. The molecule has 13 heavy (non-hydrogen) atoms. The maximum Gasteiger partial charge on any atom is 0.165 e. The molecule has 0 aliphatic rings. The number of benzene rings is 1. The van der Waals surface area contributed by atoms with Gasteiger partial charge in [0.25, 0.3) is 0 Å². The molecule has 0 saturated heterocycles. The highest BCUT2D eigenvalue weighted by Gasteiger charge is 2.01. The lowest BCUT2D eigenvalue weighted by atomic mass is 10.2. The number of rotatable bonds is 3. The maximum absolute atomic E-state index is 13.0. The van der Waals surface area contributed by atoms with E-state index >= 15 is 0 Å². The van der Waals surface area contributed by atoms with E-state index in [0.717, 1.165) is 5.56 Å². The first-order chi connectivity index (χ1) is 6.27. The van der Waals surface area contributed by atoms with Gasteiger partial charge in [-0.05, 0) is 31.5 Å². The van der Waals surface area contributed by atoms with Crippen LogP contribution in [0.5, 0.6) is 5.75 Å². The molecule has 0 aliphatic heterocycles. The number of allylic oxidation sites excluding steroid dienone is 1. The summed E-state index contributed by atoms with van der Waals surface area (Å²) in [5.41, 5.74) is 0.951. The van der Waals surface area contributed by atoms with Gasteiger partial charge in [0.05, 0.1) is 6.61 Å². The Hall–Kier alpha value is -1.31. The molecule has 1 nitrogen and oxygen atoms in total. The average molecular weight is 180 g/mol. The molecular formula is C11H13FO. The Kier molecular flexibility index (Phi) is 3.50. The van der Waals surface area contributed by atoms with Crippen LogP contribution in [0, 0.1) is 5.82 Å². The van der Waals surface area contributed by atoms with Gasteiger partial charge in [0.1, 0.15) is 0 Å². The summed E-state index contributed by atoms with van der Waals surface area (Å²) in [6.45, 7) is 4.24. The van der Waals surface area contributed by atoms with Crippen LogP contribution in [0.15, 0.2) is 24.3 Å². The van der Waals surface area contributed by atoms with Crippen LogP contribution in [0.3, 0.4) is 0 Å². The Balaban J connectivity index is 2.96. The Morgan fingerprint density at radius 3 is 2.85 bits per heavy atom. The van der Waals surface area contributed by atoms with Crippen LogP contribution >= 0.6 is 0 Å². The van der Waals surface area contributed by atoms with E-state index < -0.39 is 0 Å². The van der Waals surface area contributed by atoms with E-state index in [2.05, 4.69) is 0 Å². The van der Waals surface area contributed by atoms with Crippen molar-refractivity contribution < 1.29 is 9.13 Å². The molecule has 1 rings (SSSR count). The Bertz CT molecular complexity index is 305. The Labute approximate surface area is 77.8 Å². The van der Waals surface area contributed by atoms with E-state index in [9.17, 15) is 4.39 Å². The van der Waals surface area contributed by atoms with Gasteiger partial charge < -0.3 is 4.74 Å². The lowest BCUT2D eigenvalue weighted by Gasteiger charge is -2.04. The van der Waals surface area contributed by atoms with Crippen LogP contribution in [-0.2, 0) is 0 Å². The van der Waals surface area contributed by atoms with E-state index in [1.807, 2.05) is 26.0 Å². The molecule has 0 spiro atoms. The molecule has 0 atom stereocenters. The largest absolute Gasteiger partial charge is 0.491 e. The molecule has 0 unspecified atom stereocenters. The van der Waals surface area contributed by atoms with E-state index in [1.165, 1.54) is 6.07 Å². The topological polar surface area (TPSA) is 9.23 Å². The maximum atomic E-state index is 13.0. The fourth-order valence-electron chi connectivity index (χ4n) is 1.08. The van der Waals surface area contributed by atoms with E-state index in [4.69, 9.17) is 4.74 Å². The number of hydrogen-bond acceptors (Lipinski definition) is 1. The number of ether oxygens (including phenoxy) is 1. The van der Waals surface area contributed by atoms with Crippen LogP contribution in [0.2, 0.25) is 0 Å². The number of halogens is 1. The third-order valence-corrected chi connectivity index (χ3v) is 1.61. The van der Waals surface area contributed by atoms with Crippen molar-refractivity contribution >= 4 is 6.08 Å². The molecule has 0 fully saturated rings. The predicted octanol–water partition coefficient (Wildman–Crippen LogP) is 3.26. The van der Waals surface area contributed by atoms with Crippen molar-refractivity contribution in [2.75, 3.05) is 6.61 Å². The molecule has 0 radical (unpaired) electrons. The lowest BCUT2D eigenvalue weighted by Crippen LogP contribution is -1.94. The van der Waals surface area contributed by atoms with Gasteiger partial charge in [-0.2, -0.15) is 0 Å². The molecular weight excluding hydrogens is 167 g/mol. The normalized spacial score (nSPS) is 10.7. The number of hydrogen-bond donors (Lipinski definition) is 0. The highest BCUT2D eigenvalue weighted by Crippen LogP contribution is 2.19. The van der Waals surface area contributed by atoms with Crippen molar-refractivity contribution in [3.05, 3.63) is 35.7 Å². The summed E-state index contributed by atoms with van der Waals surface area (Å²) < 4.78 is 18.2. The van der Waals surface area contributed by atoms with Gasteiger partial charge in [0, 0.05) is 0 Å². The predicted molar refractivity (Wildman–Crippen MR) is 52.3 cm³/mol. The zero-order valence-electron chi connectivity index (χ0n) is 7.88. The molecule has 70 valence electrons. The van der Waals surface area contributed by atoms with Crippen LogP contribution in [0.4, 0.5) is 4.39 Å². The Morgan fingerprint density at radius 2 is 2.23 bits per heavy atom. The first-order valence-corrected chi connectivity index (χ1v) is 4.33. The summed E-state index contributed by atoms with van der Waals surface area (Å²) in [5.74, 6) is 0.00760. The molecule has 1 aromatic carbocycles. The summed E-state index contributed by atoms with van der Waals surface area (Å²) in [6, 6.07) is 4.83. The molecule has 1 aromatic rings.